The van der Waals surface area contributed by atoms with Gasteiger partial charge >= 0.3 is 0 Å². The van der Waals surface area contributed by atoms with Crippen molar-refractivity contribution in [2.24, 2.45) is 11.8 Å². The average molecular weight is 376 g/mol. The monoisotopic (exact) mass is 376 g/mol. The molecule has 0 unspecified atom stereocenters. The van der Waals surface area contributed by atoms with Crippen LogP contribution in [0.4, 0.5) is 0 Å². The maximum absolute atomic E-state index is 13.3. The fourth-order valence-electron chi connectivity index (χ4n) is 5.69. The van der Waals surface area contributed by atoms with Crippen molar-refractivity contribution in [3.63, 3.8) is 0 Å². The number of fused-ring (bicyclic) bond motifs is 4. The Bertz CT molecular complexity index is 632. The van der Waals surface area contributed by atoms with E-state index < -0.39 is 5.54 Å². The van der Waals surface area contributed by atoms with Gasteiger partial charge in [-0.3, -0.25) is 9.59 Å². The highest BCUT2D eigenvalue weighted by atomic mass is 16.5. The molecule has 5 rings (SSSR count). The highest BCUT2D eigenvalue weighted by Crippen LogP contribution is 2.42. The van der Waals surface area contributed by atoms with Gasteiger partial charge in [-0.05, 0) is 65.2 Å². The summed E-state index contributed by atoms with van der Waals surface area (Å²) in [6, 6.07) is 0.346. The first-order valence-electron chi connectivity index (χ1n) is 10.8. The van der Waals surface area contributed by atoms with E-state index in [9.17, 15) is 9.59 Å². The van der Waals surface area contributed by atoms with Gasteiger partial charge in [0.05, 0.1) is 41.8 Å². The first-order valence-corrected chi connectivity index (χ1v) is 10.8. The van der Waals surface area contributed by atoms with E-state index in [1.165, 1.54) is 0 Å². The van der Waals surface area contributed by atoms with E-state index in [0.29, 0.717) is 12.6 Å². The Morgan fingerprint density at radius 2 is 1.52 bits per heavy atom. The first-order chi connectivity index (χ1) is 12.9. The molecular weight excluding hydrogens is 344 g/mol. The second kappa shape index (κ2) is 6.45. The van der Waals surface area contributed by atoms with E-state index in [-0.39, 0.29) is 48.1 Å². The molecule has 6 atom stereocenters. The molecule has 5 fully saturated rings. The summed E-state index contributed by atoms with van der Waals surface area (Å²) in [7, 11) is 0. The van der Waals surface area contributed by atoms with Gasteiger partial charge in [0.25, 0.3) is 0 Å². The number of carbonyl (C=O) groups excluding carboxylic acids is 2. The van der Waals surface area contributed by atoms with Gasteiger partial charge in [0.2, 0.25) is 11.8 Å². The van der Waals surface area contributed by atoms with Gasteiger partial charge in [-0.1, -0.05) is 0 Å². The molecule has 6 nitrogen and oxygen atoms in total. The third kappa shape index (κ3) is 3.39. The molecule has 1 saturated carbocycles. The van der Waals surface area contributed by atoms with Crippen LogP contribution < -0.4 is 5.32 Å². The molecule has 4 aliphatic heterocycles. The van der Waals surface area contributed by atoms with Crippen molar-refractivity contribution in [3.05, 3.63) is 0 Å². The Hall–Kier alpha value is -1.14. The smallest absolute Gasteiger partial charge is 0.228 e. The van der Waals surface area contributed by atoms with Gasteiger partial charge in [0, 0.05) is 12.6 Å². The predicted molar refractivity (Wildman–Crippen MR) is 99.0 cm³/mol. The summed E-state index contributed by atoms with van der Waals surface area (Å²) >= 11 is 0. The summed E-state index contributed by atoms with van der Waals surface area (Å²) in [4.78, 5) is 28.1. The Balaban J connectivity index is 1.22. The molecule has 1 N–H and O–H groups in total. The Morgan fingerprint density at radius 3 is 2.00 bits per heavy atom. The molecule has 4 saturated heterocycles. The zero-order chi connectivity index (χ0) is 18.8. The largest absolute Gasteiger partial charge is 0.374 e. The predicted octanol–water partition coefficient (Wildman–Crippen LogP) is 2.01. The Morgan fingerprint density at radius 1 is 0.926 bits per heavy atom. The minimum Gasteiger partial charge on any atom is -0.374 e. The fraction of sp³-hybridized carbons (Fsp3) is 0.905. The van der Waals surface area contributed by atoms with Crippen molar-refractivity contribution in [2.45, 2.75) is 101 Å². The molecule has 0 radical (unpaired) electrons. The second-order valence-corrected chi connectivity index (χ2v) is 10.0. The molecule has 4 heterocycles. The van der Waals surface area contributed by atoms with E-state index in [2.05, 4.69) is 5.32 Å². The van der Waals surface area contributed by atoms with Crippen molar-refractivity contribution >= 4 is 11.8 Å². The fourth-order valence-corrected chi connectivity index (χ4v) is 5.69. The summed E-state index contributed by atoms with van der Waals surface area (Å²) < 4.78 is 11.8. The molecule has 5 aliphatic rings. The zero-order valence-corrected chi connectivity index (χ0v) is 16.5. The summed E-state index contributed by atoms with van der Waals surface area (Å²) in [5, 5.41) is 3.23. The molecule has 0 spiro atoms. The van der Waals surface area contributed by atoms with Crippen molar-refractivity contribution in [3.8, 4) is 0 Å². The van der Waals surface area contributed by atoms with Crippen LogP contribution in [0, 0.1) is 11.8 Å². The Kier molecular flexibility index (Phi) is 4.28. The summed E-state index contributed by atoms with van der Waals surface area (Å²) in [5.74, 6) is 0.343. The van der Waals surface area contributed by atoms with Crippen LogP contribution in [0.1, 0.15) is 65.2 Å². The normalized spacial score (nSPS) is 39.8. The minimum absolute atomic E-state index is 0.0212. The highest BCUT2D eigenvalue weighted by Gasteiger charge is 2.49. The van der Waals surface area contributed by atoms with Gasteiger partial charge in [0.15, 0.2) is 0 Å². The van der Waals surface area contributed by atoms with Crippen molar-refractivity contribution in [1.82, 2.24) is 10.2 Å². The number of hydrogen-bond donors (Lipinski definition) is 1. The van der Waals surface area contributed by atoms with Gasteiger partial charge in [-0.15, -0.1) is 0 Å². The number of hydrogen-bond acceptors (Lipinski definition) is 4. The molecule has 27 heavy (non-hydrogen) atoms. The van der Waals surface area contributed by atoms with Crippen molar-refractivity contribution in [2.75, 3.05) is 6.54 Å². The maximum Gasteiger partial charge on any atom is 0.228 e. The summed E-state index contributed by atoms with van der Waals surface area (Å²) in [5.41, 5.74) is -0.435. The van der Waals surface area contributed by atoms with Gasteiger partial charge < -0.3 is 19.7 Å². The lowest BCUT2D eigenvalue weighted by Crippen LogP contribution is -2.56. The SMILES string of the molecule is CC(C)(CN(C(=O)[C@@H]1C[C@H]2CC[C@H]1O2)C1CC1)NC(=O)[C@@H]1C[C@H]2CC[C@H]1O2. The van der Waals surface area contributed by atoms with E-state index in [0.717, 1.165) is 51.4 Å². The molecule has 150 valence electrons. The van der Waals surface area contributed by atoms with Crippen LogP contribution >= 0.6 is 0 Å². The molecule has 0 aromatic rings. The lowest BCUT2D eigenvalue weighted by atomic mass is 9.87. The van der Waals surface area contributed by atoms with E-state index in [1.54, 1.807) is 0 Å². The molecule has 1 aliphatic carbocycles. The standard InChI is InChI=1S/C21H32N2O4/c1-21(2,22-19(24)15-9-13-5-7-17(15)26-13)11-23(12-3-4-12)20(25)16-10-14-6-8-18(16)27-14/h12-18H,3-11H2,1-2H3,(H,22,24)/t13-,14-,15-,16-,17-,18-/m1/s1. The molecule has 6 heteroatoms. The van der Waals surface area contributed by atoms with Crippen LogP contribution in [0.15, 0.2) is 0 Å². The second-order valence-electron chi connectivity index (χ2n) is 10.0. The lowest BCUT2D eigenvalue weighted by molar-refractivity contribution is -0.140. The van der Waals surface area contributed by atoms with Crippen LogP contribution in [-0.2, 0) is 19.1 Å². The minimum atomic E-state index is -0.435. The van der Waals surface area contributed by atoms with E-state index >= 15 is 0 Å². The van der Waals surface area contributed by atoms with Crippen LogP contribution in [0.3, 0.4) is 0 Å². The van der Waals surface area contributed by atoms with Crippen molar-refractivity contribution < 1.29 is 19.1 Å². The van der Waals surface area contributed by atoms with Crippen LogP contribution in [0.2, 0.25) is 0 Å². The Labute approximate surface area is 161 Å². The van der Waals surface area contributed by atoms with Crippen LogP contribution in [0.25, 0.3) is 0 Å². The molecule has 2 amide bonds. The number of nitrogens with zero attached hydrogens (tertiary/aromatic N) is 1. The van der Waals surface area contributed by atoms with Crippen LogP contribution in [0.5, 0.6) is 0 Å². The summed E-state index contributed by atoms with van der Waals surface area (Å²) in [6.07, 6.45) is 8.87. The quantitative estimate of drug-likeness (QED) is 0.770. The third-order valence-corrected chi connectivity index (χ3v) is 7.16. The van der Waals surface area contributed by atoms with E-state index in [1.807, 2.05) is 18.7 Å². The molecule has 0 aromatic carbocycles. The van der Waals surface area contributed by atoms with Gasteiger partial charge in [0.1, 0.15) is 0 Å². The lowest BCUT2D eigenvalue weighted by Gasteiger charge is -2.37. The molecule has 0 aromatic heterocycles. The number of nitrogens with one attached hydrogen (secondary N) is 1. The van der Waals surface area contributed by atoms with E-state index in [4.69, 9.17) is 9.47 Å². The highest BCUT2D eigenvalue weighted by molar-refractivity contribution is 5.82. The molecule has 4 bridgehead atoms. The zero-order valence-electron chi connectivity index (χ0n) is 16.5. The molecular formula is C21H32N2O4. The number of carbonyl (C=O) groups is 2. The maximum atomic E-state index is 13.3. The summed E-state index contributed by atoms with van der Waals surface area (Å²) in [6.45, 7) is 4.66. The average Bonchev–Trinajstić information content (AvgIpc) is 3.03. The topological polar surface area (TPSA) is 67.9 Å². The van der Waals surface area contributed by atoms with Gasteiger partial charge in [-0.2, -0.15) is 0 Å². The third-order valence-electron chi connectivity index (χ3n) is 7.16. The number of rotatable bonds is 6. The first kappa shape index (κ1) is 17.9. The number of ether oxygens (including phenoxy) is 2. The number of amides is 2. The van der Waals surface area contributed by atoms with Gasteiger partial charge in [-0.25, -0.2) is 0 Å². The van der Waals surface area contributed by atoms with Crippen LogP contribution in [-0.4, -0.2) is 59.3 Å². The van der Waals surface area contributed by atoms with Crippen molar-refractivity contribution in [1.29, 1.82) is 0 Å².